The molecule has 1 heterocycles. The van der Waals surface area contributed by atoms with Crippen LogP contribution in [0.2, 0.25) is 0 Å². The number of hydrogen-bond donors (Lipinski definition) is 1. The molecule has 0 fully saturated rings. The van der Waals surface area contributed by atoms with E-state index in [-0.39, 0.29) is 25.0 Å². The molecule has 0 saturated heterocycles. The highest BCUT2D eigenvalue weighted by Gasteiger charge is 2.12. The molecule has 110 valence electrons. The zero-order chi connectivity index (χ0) is 14.6. The lowest BCUT2D eigenvalue weighted by Gasteiger charge is -2.08. The molecule has 6 heteroatoms. The highest BCUT2D eigenvalue weighted by atomic mass is 32.2. The first-order chi connectivity index (χ1) is 9.48. The van der Waals surface area contributed by atoms with Crippen LogP contribution in [0.4, 0.5) is 0 Å². The molecule has 1 aromatic heterocycles. The van der Waals surface area contributed by atoms with Crippen molar-refractivity contribution >= 4 is 21.0 Å². The van der Waals surface area contributed by atoms with Crippen LogP contribution in [-0.2, 0) is 21.3 Å². The monoisotopic (exact) mass is 297 g/mol. The van der Waals surface area contributed by atoms with Gasteiger partial charge in [0.25, 0.3) is 0 Å². The van der Waals surface area contributed by atoms with Gasteiger partial charge in [0.05, 0.1) is 24.7 Å². The SMILES string of the molecule is CC(C)OCCS(=O)(=O)NCc1coc2ccccc12. The summed E-state index contributed by atoms with van der Waals surface area (Å²) in [6.45, 7) is 4.16. The maximum atomic E-state index is 11.8. The van der Waals surface area contributed by atoms with Crippen LogP contribution in [0.5, 0.6) is 0 Å². The van der Waals surface area contributed by atoms with E-state index < -0.39 is 10.0 Å². The van der Waals surface area contributed by atoms with Gasteiger partial charge < -0.3 is 9.15 Å². The Morgan fingerprint density at radius 1 is 1.30 bits per heavy atom. The molecule has 2 rings (SSSR count). The van der Waals surface area contributed by atoms with Gasteiger partial charge in [0.15, 0.2) is 0 Å². The van der Waals surface area contributed by atoms with E-state index >= 15 is 0 Å². The molecule has 0 amide bonds. The molecule has 2 aromatic rings. The lowest BCUT2D eigenvalue weighted by atomic mass is 10.2. The van der Waals surface area contributed by atoms with Crippen molar-refractivity contribution in [2.24, 2.45) is 0 Å². The van der Waals surface area contributed by atoms with Gasteiger partial charge in [-0.2, -0.15) is 0 Å². The second-order valence-electron chi connectivity index (χ2n) is 4.82. The molecule has 0 spiro atoms. The molecular weight excluding hydrogens is 278 g/mol. The van der Waals surface area contributed by atoms with Gasteiger partial charge in [-0.3, -0.25) is 0 Å². The average molecular weight is 297 g/mol. The van der Waals surface area contributed by atoms with E-state index in [1.54, 1.807) is 6.26 Å². The van der Waals surface area contributed by atoms with Gasteiger partial charge in [0.2, 0.25) is 10.0 Å². The number of ether oxygens (including phenoxy) is 1. The van der Waals surface area contributed by atoms with Crippen molar-refractivity contribution in [2.75, 3.05) is 12.4 Å². The standard InChI is InChI=1S/C14H19NO4S/c1-11(2)18-7-8-20(16,17)15-9-12-10-19-14-6-4-3-5-13(12)14/h3-6,10-11,15H,7-9H2,1-2H3. The molecule has 20 heavy (non-hydrogen) atoms. The third-order valence-corrected chi connectivity index (χ3v) is 4.14. The number of para-hydroxylation sites is 1. The van der Waals surface area contributed by atoms with Crippen molar-refractivity contribution in [3.05, 3.63) is 36.1 Å². The third-order valence-electron chi connectivity index (χ3n) is 2.85. The second-order valence-corrected chi connectivity index (χ2v) is 6.74. The number of benzene rings is 1. The van der Waals surface area contributed by atoms with Gasteiger partial charge in [-0.15, -0.1) is 0 Å². The third kappa shape index (κ3) is 4.06. The Balaban J connectivity index is 1.94. The molecule has 5 nitrogen and oxygen atoms in total. The number of fused-ring (bicyclic) bond motifs is 1. The van der Waals surface area contributed by atoms with E-state index in [2.05, 4.69) is 4.72 Å². The Bertz CT molecular complexity index is 661. The Morgan fingerprint density at radius 3 is 2.80 bits per heavy atom. The molecular formula is C14H19NO4S. The van der Waals surface area contributed by atoms with Crippen LogP contribution in [0.1, 0.15) is 19.4 Å². The predicted octanol–water partition coefficient (Wildman–Crippen LogP) is 2.28. The van der Waals surface area contributed by atoms with Gasteiger partial charge in [-0.25, -0.2) is 13.1 Å². The topological polar surface area (TPSA) is 68.5 Å². The summed E-state index contributed by atoms with van der Waals surface area (Å²) in [5.74, 6) is -0.0407. The normalized spacial score (nSPS) is 12.3. The van der Waals surface area contributed by atoms with E-state index in [4.69, 9.17) is 9.15 Å². The highest BCUT2D eigenvalue weighted by molar-refractivity contribution is 7.89. The average Bonchev–Trinajstić information content (AvgIpc) is 2.79. The summed E-state index contributed by atoms with van der Waals surface area (Å²) in [5, 5.41) is 0.925. The Labute approximate surface area is 119 Å². The summed E-state index contributed by atoms with van der Waals surface area (Å²) in [5.41, 5.74) is 1.58. The van der Waals surface area contributed by atoms with Crippen molar-refractivity contribution in [1.82, 2.24) is 4.72 Å². The van der Waals surface area contributed by atoms with Crippen molar-refractivity contribution in [3.8, 4) is 0 Å². The molecule has 1 aromatic carbocycles. The molecule has 0 atom stereocenters. The van der Waals surface area contributed by atoms with Crippen LogP contribution in [0, 0.1) is 0 Å². The van der Waals surface area contributed by atoms with Gasteiger partial charge in [-0.05, 0) is 19.9 Å². The fraction of sp³-hybridized carbons (Fsp3) is 0.429. The van der Waals surface area contributed by atoms with Gasteiger partial charge >= 0.3 is 0 Å². The highest BCUT2D eigenvalue weighted by Crippen LogP contribution is 2.20. The summed E-state index contributed by atoms with van der Waals surface area (Å²) in [4.78, 5) is 0. The zero-order valence-electron chi connectivity index (χ0n) is 11.6. The number of nitrogens with one attached hydrogen (secondary N) is 1. The minimum absolute atomic E-state index is 0.0306. The van der Waals surface area contributed by atoms with Crippen molar-refractivity contribution in [2.45, 2.75) is 26.5 Å². The van der Waals surface area contributed by atoms with Crippen LogP contribution >= 0.6 is 0 Å². The fourth-order valence-corrected chi connectivity index (χ4v) is 2.66. The van der Waals surface area contributed by atoms with Gasteiger partial charge in [-0.1, -0.05) is 18.2 Å². The fourth-order valence-electron chi connectivity index (χ4n) is 1.82. The Hall–Kier alpha value is -1.37. The summed E-state index contributed by atoms with van der Waals surface area (Å²) >= 11 is 0. The number of sulfonamides is 1. The zero-order valence-corrected chi connectivity index (χ0v) is 12.4. The summed E-state index contributed by atoms with van der Waals surface area (Å²) in [6.07, 6.45) is 1.61. The Kier molecular flexibility index (Phi) is 4.80. The predicted molar refractivity (Wildman–Crippen MR) is 77.9 cm³/mol. The van der Waals surface area contributed by atoms with Crippen LogP contribution in [0.15, 0.2) is 34.9 Å². The lowest BCUT2D eigenvalue weighted by molar-refractivity contribution is 0.0911. The van der Waals surface area contributed by atoms with Crippen molar-refractivity contribution < 1.29 is 17.6 Å². The minimum Gasteiger partial charge on any atom is -0.464 e. The minimum atomic E-state index is -3.34. The number of furan rings is 1. The number of rotatable bonds is 7. The first kappa shape index (κ1) is 15.0. The smallest absolute Gasteiger partial charge is 0.214 e. The van der Waals surface area contributed by atoms with E-state index in [0.717, 1.165) is 16.5 Å². The lowest BCUT2D eigenvalue weighted by Crippen LogP contribution is -2.28. The maximum Gasteiger partial charge on any atom is 0.214 e. The van der Waals surface area contributed by atoms with Gasteiger partial charge in [0.1, 0.15) is 5.58 Å². The van der Waals surface area contributed by atoms with Crippen LogP contribution in [-0.4, -0.2) is 26.9 Å². The molecule has 0 unspecified atom stereocenters. The first-order valence-electron chi connectivity index (χ1n) is 6.52. The Morgan fingerprint density at radius 2 is 2.05 bits per heavy atom. The van der Waals surface area contributed by atoms with E-state index in [1.807, 2.05) is 38.1 Å². The van der Waals surface area contributed by atoms with E-state index in [1.165, 1.54) is 0 Å². The number of hydrogen-bond acceptors (Lipinski definition) is 4. The quantitative estimate of drug-likeness (QED) is 0.851. The molecule has 0 saturated carbocycles. The van der Waals surface area contributed by atoms with E-state index in [9.17, 15) is 8.42 Å². The summed E-state index contributed by atoms with van der Waals surface area (Å²) < 4.78 is 36.8. The molecule has 0 bridgehead atoms. The molecule has 0 aliphatic rings. The van der Waals surface area contributed by atoms with Crippen LogP contribution < -0.4 is 4.72 Å². The summed E-state index contributed by atoms with van der Waals surface area (Å²) in [7, 11) is -3.34. The van der Waals surface area contributed by atoms with Gasteiger partial charge in [0, 0.05) is 17.5 Å². The van der Waals surface area contributed by atoms with Crippen LogP contribution in [0.3, 0.4) is 0 Å². The molecule has 0 aliphatic heterocycles. The largest absolute Gasteiger partial charge is 0.464 e. The summed E-state index contributed by atoms with van der Waals surface area (Å²) in [6, 6.07) is 7.53. The van der Waals surface area contributed by atoms with E-state index in [0.29, 0.717) is 0 Å². The maximum absolute atomic E-state index is 11.8. The van der Waals surface area contributed by atoms with Crippen molar-refractivity contribution in [3.63, 3.8) is 0 Å². The van der Waals surface area contributed by atoms with Crippen molar-refractivity contribution in [1.29, 1.82) is 0 Å². The molecule has 0 aliphatic carbocycles. The first-order valence-corrected chi connectivity index (χ1v) is 8.17. The van der Waals surface area contributed by atoms with Crippen LogP contribution in [0.25, 0.3) is 11.0 Å². The molecule has 1 N–H and O–H groups in total. The molecule has 0 radical (unpaired) electrons. The second kappa shape index (κ2) is 6.39.